The molecule has 0 spiro atoms. The van der Waals surface area contributed by atoms with E-state index in [1.807, 2.05) is 0 Å². The average Bonchev–Trinajstić information content (AvgIpc) is 3.45. The Morgan fingerprint density at radius 2 is 1.39 bits per heavy atom. The summed E-state index contributed by atoms with van der Waals surface area (Å²) in [5.41, 5.74) is 5.40. The van der Waals surface area contributed by atoms with E-state index in [1.165, 1.54) is 26.4 Å². The zero-order valence-corrected chi connectivity index (χ0v) is 16.7. The number of carboxylic acids is 1. The molecule has 0 saturated carbocycles. The highest BCUT2D eigenvalue weighted by Gasteiger charge is 2.37. The van der Waals surface area contributed by atoms with E-state index in [0.717, 1.165) is 0 Å². The minimum absolute atomic E-state index is 0.0140. The summed E-state index contributed by atoms with van der Waals surface area (Å²) in [5, 5.41) is 9.92. The summed E-state index contributed by atoms with van der Waals surface area (Å²) in [6.07, 6.45) is 0. The first kappa shape index (κ1) is 20.4. The molecule has 0 atom stereocenters. The maximum absolute atomic E-state index is 12.9. The van der Waals surface area contributed by atoms with Crippen molar-refractivity contribution >= 4 is 11.9 Å². The van der Waals surface area contributed by atoms with Crippen molar-refractivity contribution in [3.8, 4) is 45.6 Å². The van der Waals surface area contributed by atoms with E-state index in [4.69, 9.17) is 38.9 Å². The first-order valence-electron chi connectivity index (χ1n) is 9.13. The van der Waals surface area contributed by atoms with Crippen molar-refractivity contribution in [2.24, 2.45) is 5.73 Å². The van der Waals surface area contributed by atoms with Crippen LogP contribution in [-0.2, 0) is 4.74 Å². The van der Waals surface area contributed by atoms with Gasteiger partial charge >= 0.3 is 11.9 Å². The summed E-state index contributed by atoms with van der Waals surface area (Å²) < 4.78 is 38.0. The molecule has 2 aromatic rings. The number of hydrogen-bond donors (Lipinski definition) is 2. The van der Waals surface area contributed by atoms with Crippen LogP contribution in [0.4, 0.5) is 0 Å². The number of aromatic carboxylic acids is 1. The Labute approximate surface area is 176 Å². The van der Waals surface area contributed by atoms with Crippen LogP contribution in [0.15, 0.2) is 12.1 Å². The van der Waals surface area contributed by atoms with Crippen molar-refractivity contribution in [2.45, 2.75) is 0 Å². The maximum Gasteiger partial charge on any atom is 0.339 e. The normalized spacial score (nSPS) is 13.1. The second kappa shape index (κ2) is 8.11. The van der Waals surface area contributed by atoms with Crippen LogP contribution in [0.1, 0.15) is 20.7 Å². The number of hydrogen-bond acceptors (Lipinski definition) is 10. The highest BCUT2D eigenvalue weighted by molar-refractivity contribution is 6.08. The number of carboxylic acid groups (broad SMARTS) is 1. The number of nitrogens with two attached hydrogens (primary N) is 1. The van der Waals surface area contributed by atoms with E-state index in [-0.39, 0.29) is 83.5 Å². The van der Waals surface area contributed by atoms with Gasteiger partial charge < -0.3 is 44.0 Å². The Morgan fingerprint density at radius 3 is 1.87 bits per heavy atom. The van der Waals surface area contributed by atoms with Gasteiger partial charge in [0, 0.05) is 17.7 Å². The van der Waals surface area contributed by atoms with Crippen LogP contribution < -0.4 is 34.2 Å². The Hall–Kier alpha value is -3.86. The first-order valence-corrected chi connectivity index (χ1v) is 9.13. The van der Waals surface area contributed by atoms with Crippen LogP contribution in [0, 0.1) is 0 Å². The van der Waals surface area contributed by atoms with Gasteiger partial charge in [-0.1, -0.05) is 0 Å². The topological polar surface area (TPSA) is 145 Å². The average molecular weight is 433 g/mol. The lowest BCUT2D eigenvalue weighted by Crippen LogP contribution is -2.15. The predicted octanol–water partition coefficient (Wildman–Crippen LogP) is 1.64. The zero-order chi connectivity index (χ0) is 22.1. The van der Waals surface area contributed by atoms with Crippen LogP contribution in [0.25, 0.3) is 11.1 Å². The quantitative estimate of drug-likeness (QED) is 0.615. The summed E-state index contributed by atoms with van der Waals surface area (Å²) >= 11 is 0. The third-order valence-corrected chi connectivity index (χ3v) is 4.71. The van der Waals surface area contributed by atoms with Gasteiger partial charge in [-0.25, -0.2) is 9.59 Å². The highest BCUT2D eigenvalue weighted by Crippen LogP contribution is 2.56. The number of methoxy groups -OCH3 is 2. The molecule has 0 unspecified atom stereocenters. The second-order valence-electron chi connectivity index (χ2n) is 6.36. The Kier molecular flexibility index (Phi) is 5.34. The molecule has 0 aromatic heterocycles. The third kappa shape index (κ3) is 3.28. The molecule has 3 N–H and O–H groups in total. The molecule has 2 aliphatic heterocycles. The second-order valence-corrected chi connectivity index (χ2v) is 6.36. The summed E-state index contributed by atoms with van der Waals surface area (Å²) in [4.78, 5) is 25.1. The molecule has 11 nitrogen and oxygen atoms in total. The van der Waals surface area contributed by atoms with Crippen molar-refractivity contribution in [3.63, 3.8) is 0 Å². The Balaban J connectivity index is 2.07. The molecule has 0 fully saturated rings. The molecule has 2 heterocycles. The number of benzene rings is 2. The first-order chi connectivity index (χ1) is 15.0. The van der Waals surface area contributed by atoms with Gasteiger partial charge in [0.15, 0.2) is 23.0 Å². The molecular formula is C20H19NO10. The van der Waals surface area contributed by atoms with Crippen LogP contribution in [-0.4, -0.2) is 58.0 Å². The number of ether oxygens (including phenoxy) is 7. The van der Waals surface area contributed by atoms with Crippen molar-refractivity contribution in [3.05, 3.63) is 23.3 Å². The van der Waals surface area contributed by atoms with Crippen molar-refractivity contribution in [1.82, 2.24) is 0 Å². The predicted molar refractivity (Wildman–Crippen MR) is 104 cm³/mol. The summed E-state index contributed by atoms with van der Waals surface area (Å²) in [6.45, 7) is -0.248. The number of esters is 1. The van der Waals surface area contributed by atoms with Crippen molar-refractivity contribution < 1.29 is 47.9 Å². The van der Waals surface area contributed by atoms with Crippen LogP contribution in [0.5, 0.6) is 34.5 Å². The molecule has 2 aliphatic rings. The van der Waals surface area contributed by atoms with Crippen LogP contribution >= 0.6 is 0 Å². The monoisotopic (exact) mass is 433 g/mol. The highest BCUT2D eigenvalue weighted by atomic mass is 16.7. The standard InChI is InChI=1S/C20H19NO10/c1-25-11-5-9(19(22)23)13(17-15(11)28-7-30-17)14-10(20(24)27-4-3-21)6-12(26-2)16-18(14)31-8-29-16/h5-6H,3-4,7-8,21H2,1-2H3,(H,22,23). The molecule has 11 heteroatoms. The molecule has 31 heavy (non-hydrogen) atoms. The lowest BCUT2D eigenvalue weighted by Gasteiger charge is -2.18. The van der Waals surface area contributed by atoms with Gasteiger partial charge in [0.1, 0.15) is 6.61 Å². The summed E-state index contributed by atoms with van der Waals surface area (Å²) in [5.74, 6) is -1.02. The molecular weight excluding hydrogens is 414 g/mol. The Bertz CT molecular complexity index is 1060. The van der Waals surface area contributed by atoms with Gasteiger partial charge in [-0.05, 0) is 12.1 Å². The molecule has 4 rings (SSSR count). The molecule has 164 valence electrons. The van der Waals surface area contributed by atoms with Crippen LogP contribution in [0.2, 0.25) is 0 Å². The van der Waals surface area contributed by atoms with Crippen molar-refractivity contribution in [2.75, 3.05) is 41.0 Å². The number of rotatable bonds is 7. The van der Waals surface area contributed by atoms with E-state index in [0.29, 0.717) is 0 Å². The van der Waals surface area contributed by atoms with Crippen molar-refractivity contribution in [1.29, 1.82) is 0 Å². The maximum atomic E-state index is 12.9. The fourth-order valence-corrected chi connectivity index (χ4v) is 3.44. The van der Waals surface area contributed by atoms with Gasteiger partial charge in [0.25, 0.3) is 0 Å². The lowest BCUT2D eigenvalue weighted by molar-refractivity contribution is 0.0516. The van der Waals surface area contributed by atoms with E-state index >= 15 is 0 Å². The van der Waals surface area contributed by atoms with Crippen LogP contribution in [0.3, 0.4) is 0 Å². The number of carbonyl (C=O) groups is 2. The third-order valence-electron chi connectivity index (χ3n) is 4.71. The molecule has 0 saturated heterocycles. The molecule has 0 aliphatic carbocycles. The van der Waals surface area contributed by atoms with E-state index in [9.17, 15) is 14.7 Å². The van der Waals surface area contributed by atoms with E-state index in [2.05, 4.69) is 0 Å². The van der Waals surface area contributed by atoms with Gasteiger partial charge in [-0.15, -0.1) is 0 Å². The van der Waals surface area contributed by atoms with E-state index in [1.54, 1.807) is 0 Å². The summed E-state index contributed by atoms with van der Waals surface area (Å²) in [6, 6.07) is 2.67. The molecule has 0 bridgehead atoms. The largest absolute Gasteiger partial charge is 0.493 e. The fourth-order valence-electron chi connectivity index (χ4n) is 3.44. The SMILES string of the molecule is COc1cc(C(=O)O)c(-c2c(C(=O)OCCN)cc(OC)c3c2OCO3)c2c1OCO2. The lowest BCUT2D eigenvalue weighted by atomic mass is 9.92. The van der Waals surface area contributed by atoms with Gasteiger partial charge in [-0.3, -0.25) is 0 Å². The zero-order valence-electron chi connectivity index (χ0n) is 16.7. The van der Waals surface area contributed by atoms with Gasteiger partial charge in [0.2, 0.25) is 25.1 Å². The smallest absolute Gasteiger partial charge is 0.339 e. The van der Waals surface area contributed by atoms with Gasteiger partial charge in [0.05, 0.1) is 25.3 Å². The minimum atomic E-state index is -1.28. The van der Waals surface area contributed by atoms with E-state index < -0.39 is 11.9 Å². The van der Waals surface area contributed by atoms with Gasteiger partial charge in [-0.2, -0.15) is 0 Å². The minimum Gasteiger partial charge on any atom is -0.493 e. The number of carbonyl (C=O) groups excluding carboxylic acids is 1. The Morgan fingerprint density at radius 1 is 0.903 bits per heavy atom. The summed E-state index contributed by atoms with van der Waals surface area (Å²) in [7, 11) is 2.77. The molecule has 0 radical (unpaired) electrons. The molecule has 2 aromatic carbocycles. The molecule has 0 amide bonds. The number of fused-ring (bicyclic) bond motifs is 2. The fraction of sp³-hybridized carbons (Fsp3) is 0.300.